The Kier molecular flexibility index (Phi) is 4.04. The zero-order valence-corrected chi connectivity index (χ0v) is 14.4. The van der Waals surface area contributed by atoms with Crippen LogP contribution in [0.1, 0.15) is 48.8 Å². The molecule has 6 nitrogen and oxygen atoms in total. The molecule has 0 radical (unpaired) electrons. The number of piperidine rings is 1. The normalized spacial score (nSPS) is 20.9. The Morgan fingerprint density at radius 1 is 1.08 bits per heavy atom. The maximum Gasteiger partial charge on any atom is 0.225 e. The Morgan fingerprint density at radius 3 is 2.62 bits per heavy atom. The van der Waals surface area contributed by atoms with E-state index < -0.39 is 0 Å². The second-order valence-electron chi connectivity index (χ2n) is 6.95. The summed E-state index contributed by atoms with van der Waals surface area (Å²) < 4.78 is 0. The van der Waals surface area contributed by atoms with Crippen LogP contribution in [0, 0.1) is 13.8 Å². The molecule has 2 aliphatic rings. The second kappa shape index (κ2) is 6.34. The van der Waals surface area contributed by atoms with Crippen molar-refractivity contribution in [2.45, 2.75) is 51.5 Å². The fourth-order valence-electron chi connectivity index (χ4n) is 3.33. The summed E-state index contributed by atoms with van der Waals surface area (Å²) in [6.45, 7) is 5.97. The van der Waals surface area contributed by atoms with Crippen molar-refractivity contribution in [3.63, 3.8) is 0 Å². The Labute approximate surface area is 142 Å². The minimum absolute atomic E-state index is 0.366. The van der Waals surface area contributed by atoms with E-state index in [4.69, 9.17) is 0 Å². The van der Waals surface area contributed by atoms with Crippen molar-refractivity contribution < 1.29 is 0 Å². The predicted molar refractivity (Wildman–Crippen MR) is 94.4 cm³/mol. The van der Waals surface area contributed by atoms with Crippen LogP contribution in [0.3, 0.4) is 0 Å². The van der Waals surface area contributed by atoms with Crippen molar-refractivity contribution in [2.24, 2.45) is 0 Å². The number of hydrogen-bond donors (Lipinski definition) is 1. The van der Waals surface area contributed by atoms with Crippen molar-refractivity contribution in [2.75, 3.05) is 23.3 Å². The van der Waals surface area contributed by atoms with Crippen LogP contribution < -0.4 is 10.2 Å². The van der Waals surface area contributed by atoms with Crippen LogP contribution in [0.5, 0.6) is 0 Å². The van der Waals surface area contributed by atoms with Gasteiger partial charge in [0, 0.05) is 42.6 Å². The largest absolute Gasteiger partial charge is 0.365 e. The summed E-state index contributed by atoms with van der Waals surface area (Å²) in [5, 5.41) is 3.58. The molecule has 24 heavy (non-hydrogen) atoms. The standard InChI is InChI=1S/C18H24N6/c1-12-10-13(2)21-18(20-12)24-9-3-4-15(11-24)22-16-7-8-19-17(23-16)14-5-6-14/h7-8,10,14-15H,3-6,9,11H2,1-2H3,(H,19,22,23). The number of nitrogens with one attached hydrogen (secondary N) is 1. The van der Waals surface area contributed by atoms with E-state index in [2.05, 4.69) is 30.2 Å². The van der Waals surface area contributed by atoms with Gasteiger partial charge in [0.2, 0.25) is 5.95 Å². The summed E-state index contributed by atoms with van der Waals surface area (Å²) in [4.78, 5) is 20.6. The van der Waals surface area contributed by atoms with Gasteiger partial charge in [0.25, 0.3) is 0 Å². The smallest absolute Gasteiger partial charge is 0.225 e. The minimum Gasteiger partial charge on any atom is -0.365 e. The van der Waals surface area contributed by atoms with Gasteiger partial charge in [-0.05, 0) is 51.7 Å². The Hall–Kier alpha value is -2.24. The average Bonchev–Trinajstić information content (AvgIpc) is 3.39. The Balaban J connectivity index is 1.45. The maximum absolute atomic E-state index is 4.68. The van der Waals surface area contributed by atoms with E-state index in [0.29, 0.717) is 12.0 Å². The van der Waals surface area contributed by atoms with Crippen molar-refractivity contribution in [1.82, 2.24) is 19.9 Å². The van der Waals surface area contributed by atoms with Gasteiger partial charge in [0.1, 0.15) is 11.6 Å². The summed E-state index contributed by atoms with van der Waals surface area (Å²) in [5.74, 6) is 3.36. The molecule has 0 amide bonds. The molecular formula is C18H24N6. The van der Waals surface area contributed by atoms with Crippen molar-refractivity contribution in [3.8, 4) is 0 Å². The van der Waals surface area contributed by atoms with E-state index in [0.717, 1.165) is 54.9 Å². The van der Waals surface area contributed by atoms with Gasteiger partial charge in [-0.15, -0.1) is 0 Å². The lowest BCUT2D eigenvalue weighted by atomic mass is 10.1. The van der Waals surface area contributed by atoms with E-state index in [9.17, 15) is 0 Å². The van der Waals surface area contributed by atoms with Crippen LogP contribution in [-0.2, 0) is 0 Å². The molecule has 126 valence electrons. The molecule has 2 aromatic rings. The van der Waals surface area contributed by atoms with E-state index in [1.165, 1.54) is 12.8 Å². The minimum atomic E-state index is 0.366. The number of nitrogens with zero attached hydrogens (tertiary/aromatic N) is 5. The summed E-state index contributed by atoms with van der Waals surface area (Å²) in [7, 11) is 0. The summed E-state index contributed by atoms with van der Waals surface area (Å²) in [6, 6.07) is 4.35. The third-order valence-corrected chi connectivity index (χ3v) is 4.64. The molecule has 0 bridgehead atoms. The van der Waals surface area contributed by atoms with Gasteiger partial charge >= 0.3 is 0 Å². The molecule has 0 aromatic carbocycles. The van der Waals surface area contributed by atoms with Gasteiger partial charge in [-0.3, -0.25) is 0 Å². The molecule has 1 atom stereocenters. The van der Waals surface area contributed by atoms with Crippen molar-refractivity contribution in [3.05, 3.63) is 35.5 Å². The van der Waals surface area contributed by atoms with Gasteiger partial charge in [0.05, 0.1) is 0 Å². The first-order valence-electron chi connectivity index (χ1n) is 8.84. The number of aromatic nitrogens is 4. The highest BCUT2D eigenvalue weighted by molar-refractivity contribution is 5.39. The zero-order chi connectivity index (χ0) is 16.5. The Morgan fingerprint density at radius 2 is 1.88 bits per heavy atom. The summed E-state index contributed by atoms with van der Waals surface area (Å²) in [5.41, 5.74) is 2.05. The molecule has 2 fully saturated rings. The van der Waals surface area contributed by atoms with Crippen LogP contribution in [0.4, 0.5) is 11.8 Å². The lowest BCUT2D eigenvalue weighted by Crippen LogP contribution is -2.43. The highest BCUT2D eigenvalue weighted by Gasteiger charge is 2.27. The molecule has 1 saturated heterocycles. The molecule has 2 aromatic heterocycles. The second-order valence-corrected chi connectivity index (χ2v) is 6.95. The molecular weight excluding hydrogens is 300 g/mol. The molecule has 1 unspecified atom stereocenters. The van der Waals surface area contributed by atoms with E-state index in [-0.39, 0.29) is 0 Å². The van der Waals surface area contributed by atoms with Gasteiger partial charge < -0.3 is 10.2 Å². The molecule has 1 saturated carbocycles. The van der Waals surface area contributed by atoms with E-state index in [1.807, 2.05) is 32.2 Å². The molecule has 4 rings (SSSR count). The van der Waals surface area contributed by atoms with Crippen LogP contribution in [0.25, 0.3) is 0 Å². The van der Waals surface area contributed by atoms with E-state index in [1.54, 1.807) is 0 Å². The van der Waals surface area contributed by atoms with Crippen LogP contribution in [0.2, 0.25) is 0 Å². The van der Waals surface area contributed by atoms with E-state index >= 15 is 0 Å². The monoisotopic (exact) mass is 324 g/mol. The molecule has 1 N–H and O–H groups in total. The topological polar surface area (TPSA) is 66.8 Å². The third kappa shape index (κ3) is 3.47. The average molecular weight is 324 g/mol. The third-order valence-electron chi connectivity index (χ3n) is 4.64. The quantitative estimate of drug-likeness (QED) is 0.933. The molecule has 3 heterocycles. The number of aryl methyl sites for hydroxylation is 2. The fourth-order valence-corrected chi connectivity index (χ4v) is 3.33. The highest BCUT2D eigenvalue weighted by atomic mass is 15.3. The molecule has 1 aliphatic heterocycles. The molecule has 1 aliphatic carbocycles. The molecule has 0 spiro atoms. The summed E-state index contributed by atoms with van der Waals surface area (Å²) >= 11 is 0. The molecule has 6 heteroatoms. The van der Waals surface area contributed by atoms with Gasteiger partial charge in [-0.2, -0.15) is 0 Å². The number of hydrogen-bond acceptors (Lipinski definition) is 6. The van der Waals surface area contributed by atoms with Gasteiger partial charge in [0.15, 0.2) is 0 Å². The van der Waals surface area contributed by atoms with Gasteiger partial charge in [-0.25, -0.2) is 19.9 Å². The first-order chi connectivity index (χ1) is 11.7. The lowest BCUT2D eigenvalue weighted by Gasteiger charge is -2.33. The predicted octanol–water partition coefficient (Wildman–Crippen LogP) is 2.84. The number of rotatable bonds is 4. The lowest BCUT2D eigenvalue weighted by molar-refractivity contribution is 0.520. The van der Waals surface area contributed by atoms with Crippen LogP contribution in [-0.4, -0.2) is 39.1 Å². The highest BCUT2D eigenvalue weighted by Crippen LogP contribution is 2.38. The zero-order valence-electron chi connectivity index (χ0n) is 14.4. The van der Waals surface area contributed by atoms with Crippen molar-refractivity contribution >= 4 is 11.8 Å². The summed E-state index contributed by atoms with van der Waals surface area (Å²) in [6.07, 6.45) is 6.60. The van der Waals surface area contributed by atoms with Crippen molar-refractivity contribution in [1.29, 1.82) is 0 Å². The Bertz CT molecular complexity index is 707. The van der Waals surface area contributed by atoms with Crippen LogP contribution in [0.15, 0.2) is 18.3 Å². The fraction of sp³-hybridized carbons (Fsp3) is 0.556. The first-order valence-corrected chi connectivity index (χ1v) is 8.84. The van der Waals surface area contributed by atoms with Gasteiger partial charge in [-0.1, -0.05) is 0 Å². The number of anilines is 2. The SMILES string of the molecule is Cc1cc(C)nc(N2CCCC(Nc3ccnc(C4CC4)n3)C2)n1. The van der Waals surface area contributed by atoms with Crippen LogP contribution >= 0.6 is 0 Å². The first kappa shape index (κ1) is 15.3. The maximum atomic E-state index is 4.68.